The molecule has 1 aliphatic carbocycles. The van der Waals surface area contributed by atoms with E-state index < -0.39 is 0 Å². The highest BCUT2D eigenvalue weighted by atomic mass is 14.9. The molecule has 0 spiro atoms. The van der Waals surface area contributed by atoms with Crippen LogP contribution in [0, 0.1) is 11.8 Å². The molecule has 0 aromatic carbocycles. The van der Waals surface area contributed by atoms with Gasteiger partial charge >= 0.3 is 0 Å². The zero-order valence-corrected chi connectivity index (χ0v) is 6.60. The number of fused-ring (bicyclic) bond motifs is 1. The molecule has 1 saturated carbocycles. The summed E-state index contributed by atoms with van der Waals surface area (Å²) in [4.78, 5) is 0. The molecule has 1 aliphatic heterocycles. The zero-order chi connectivity index (χ0) is 6.81. The minimum Gasteiger partial charge on any atom is -0.316 e. The van der Waals surface area contributed by atoms with E-state index in [1.807, 2.05) is 0 Å². The van der Waals surface area contributed by atoms with Gasteiger partial charge in [-0.15, -0.1) is 0 Å². The topological polar surface area (TPSA) is 12.0 Å². The molecule has 0 aromatic rings. The van der Waals surface area contributed by atoms with E-state index in [4.69, 9.17) is 0 Å². The Kier molecular flexibility index (Phi) is 1.94. The average molecular weight is 139 g/mol. The van der Waals surface area contributed by atoms with Crippen molar-refractivity contribution >= 4 is 0 Å². The molecule has 0 amide bonds. The first-order valence-corrected chi connectivity index (χ1v) is 4.67. The summed E-state index contributed by atoms with van der Waals surface area (Å²) in [6, 6.07) is 0. The van der Waals surface area contributed by atoms with Crippen LogP contribution in [0.2, 0.25) is 0 Å². The summed E-state index contributed by atoms with van der Waals surface area (Å²) in [6.07, 6.45) is 7.46. The summed E-state index contributed by atoms with van der Waals surface area (Å²) in [5.74, 6) is 2.14. The first-order valence-electron chi connectivity index (χ1n) is 4.67. The van der Waals surface area contributed by atoms with E-state index in [2.05, 4.69) is 5.32 Å². The first kappa shape index (κ1) is 6.66. The Labute approximate surface area is 63.2 Å². The molecule has 10 heavy (non-hydrogen) atoms. The molecule has 1 heterocycles. The minimum absolute atomic E-state index is 1.04. The molecular formula is C9H17N. The van der Waals surface area contributed by atoms with Gasteiger partial charge in [-0.2, -0.15) is 0 Å². The molecule has 0 aromatic heterocycles. The van der Waals surface area contributed by atoms with Crippen LogP contribution in [-0.2, 0) is 0 Å². The van der Waals surface area contributed by atoms with Crippen molar-refractivity contribution in [3.63, 3.8) is 0 Å². The summed E-state index contributed by atoms with van der Waals surface area (Å²) in [5, 5.41) is 3.48. The van der Waals surface area contributed by atoms with Crippen molar-refractivity contribution in [2.75, 3.05) is 13.1 Å². The van der Waals surface area contributed by atoms with Gasteiger partial charge in [0.15, 0.2) is 0 Å². The van der Waals surface area contributed by atoms with E-state index >= 15 is 0 Å². The summed E-state index contributed by atoms with van der Waals surface area (Å²) in [7, 11) is 0. The van der Waals surface area contributed by atoms with Crippen molar-refractivity contribution in [3.05, 3.63) is 0 Å². The molecule has 1 nitrogen and oxygen atoms in total. The smallest absolute Gasteiger partial charge is 0.00179 e. The molecule has 2 atom stereocenters. The highest BCUT2D eigenvalue weighted by molar-refractivity contribution is 4.81. The van der Waals surface area contributed by atoms with Crippen LogP contribution in [0.5, 0.6) is 0 Å². The lowest BCUT2D eigenvalue weighted by atomic mass is 9.76. The highest BCUT2D eigenvalue weighted by Gasteiger charge is 2.26. The fraction of sp³-hybridized carbons (Fsp3) is 1.00. The Morgan fingerprint density at radius 2 is 1.70 bits per heavy atom. The van der Waals surface area contributed by atoms with Crippen LogP contribution in [0.1, 0.15) is 32.1 Å². The zero-order valence-electron chi connectivity index (χ0n) is 6.60. The lowest BCUT2D eigenvalue weighted by Crippen LogP contribution is -2.38. The Morgan fingerprint density at radius 1 is 0.900 bits per heavy atom. The van der Waals surface area contributed by atoms with Crippen molar-refractivity contribution in [1.82, 2.24) is 5.32 Å². The Balaban J connectivity index is 1.93. The van der Waals surface area contributed by atoms with Crippen LogP contribution in [0.15, 0.2) is 0 Å². The number of nitrogens with one attached hydrogen (secondary N) is 1. The van der Waals surface area contributed by atoms with E-state index in [0.717, 1.165) is 11.8 Å². The van der Waals surface area contributed by atoms with Crippen LogP contribution < -0.4 is 5.32 Å². The normalized spacial score (nSPS) is 40.8. The second-order valence-electron chi connectivity index (χ2n) is 3.80. The molecule has 58 valence electrons. The summed E-state index contributed by atoms with van der Waals surface area (Å²) < 4.78 is 0. The van der Waals surface area contributed by atoms with Gasteiger partial charge in [0.2, 0.25) is 0 Å². The van der Waals surface area contributed by atoms with Gasteiger partial charge in [0, 0.05) is 0 Å². The molecular weight excluding hydrogens is 122 g/mol. The summed E-state index contributed by atoms with van der Waals surface area (Å²) >= 11 is 0. The number of rotatable bonds is 0. The Morgan fingerprint density at radius 3 is 2.50 bits per heavy atom. The third-order valence-electron chi connectivity index (χ3n) is 3.16. The van der Waals surface area contributed by atoms with Crippen LogP contribution >= 0.6 is 0 Å². The second-order valence-corrected chi connectivity index (χ2v) is 3.80. The molecule has 2 fully saturated rings. The van der Waals surface area contributed by atoms with Gasteiger partial charge in [-0.3, -0.25) is 0 Å². The standard InChI is InChI=1S/C9H17N/c1-2-4-9-7-10-6-5-8(9)3-1/h8-10H,1-7H2/t8-,9?/m0/s1. The quantitative estimate of drug-likeness (QED) is 0.539. The van der Waals surface area contributed by atoms with Crippen molar-refractivity contribution in [1.29, 1.82) is 0 Å². The molecule has 1 heteroatoms. The van der Waals surface area contributed by atoms with Gasteiger partial charge < -0.3 is 5.32 Å². The van der Waals surface area contributed by atoms with Crippen LogP contribution in [0.25, 0.3) is 0 Å². The third kappa shape index (κ3) is 1.20. The van der Waals surface area contributed by atoms with Crippen LogP contribution in [-0.4, -0.2) is 13.1 Å². The van der Waals surface area contributed by atoms with E-state index in [0.29, 0.717) is 0 Å². The molecule has 2 aliphatic rings. The lowest BCUT2D eigenvalue weighted by molar-refractivity contribution is 0.185. The van der Waals surface area contributed by atoms with Crippen molar-refractivity contribution in [2.45, 2.75) is 32.1 Å². The van der Waals surface area contributed by atoms with E-state index in [-0.39, 0.29) is 0 Å². The van der Waals surface area contributed by atoms with E-state index in [1.165, 1.54) is 45.2 Å². The van der Waals surface area contributed by atoms with Gasteiger partial charge in [0.25, 0.3) is 0 Å². The number of hydrogen-bond acceptors (Lipinski definition) is 1. The van der Waals surface area contributed by atoms with Gasteiger partial charge in [0.05, 0.1) is 0 Å². The molecule has 1 saturated heterocycles. The van der Waals surface area contributed by atoms with Gasteiger partial charge in [0.1, 0.15) is 0 Å². The fourth-order valence-corrected chi connectivity index (χ4v) is 2.51. The number of piperidine rings is 1. The fourth-order valence-electron chi connectivity index (χ4n) is 2.51. The van der Waals surface area contributed by atoms with Crippen molar-refractivity contribution < 1.29 is 0 Å². The minimum atomic E-state index is 1.04. The monoisotopic (exact) mass is 139 g/mol. The SMILES string of the molecule is C1CC[C@H]2CCNCC2C1. The van der Waals surface area contributed by atoms with Crippen molar-refractivity contribution in [3.8, 4) is 0 Å². The van der Waals surface area contributed by atoms with Crippen LogP contribution in [0.4, 0.5) is 0 Å². The molecule has 1 unspecified atom stereocenters. The van der Waals surface area contributed by atoms with Gasteiger partial charge in [-0.05, 0) is 37.8 Å². The largest absolute Gasteiger partial charge is 0.316 e. The summed E-state index contributed by atoms with van der Waals surface area (Å²) in [5.41, 5.74) is 0. The number of hydrogen-bond donors (Lipinski definition) is 1. The second kappa shape index (κ2) is 2.91. The van der Waals surface area contributed by atoms with Crippen molar-refractivity contribution in [2.24, 2.45) is 11.8 Å². The molecule has 1 N–H and O–H groups in total. The highest BCUT2D eigenvalue weighted by Crippen LogP contribution is 2.33. The predicted molar refractivity (Wildman–Crippen MR) is 42.9 cm³/mol. The Hall–Kier alpha value is -0.0400. The molecule has 0 radical (unpaired) electrons. The average Bonchev–Trinajstić information content (AvgIpc) is 2.05. The molecule has 0 bridgehead atoms. The van der Waals surface area contributed by atoms with E-state index in [9.17, 15) is 0 Å². The third-order valence-corrected chi connectivity index (χ3v) is 3.16. The summed E-state index contributed by atoms with van der Waals surface area (Å²) in [6.45, 7) is 2.59. The van der Waals surface area contributed by atoms with Crippen LogP contribution in [0.3, 0.4) is 0 Å². The maximum atomic E-state index is 3.48. The first-order chi connectivity index (χ1) is 4.97. The molecule has 2 rings (SSSR count). The Bertz CT molecular complexity index is 85.3. The van der Waals surface area contributed by atoms with Gasteiger partial charge in [-0.1, -0.05) is 19.3 Å². The lowest BCUT2D eigenvalue weighted by Gasteiger charge is -2.35. The predicted octanol–water partition coefficient (Wildman–Crippen LogP) is 1.79. The maximum absolute atomic E-state index is 3.48. The van der Waals surface area contributed by atoms with E-state index in [1.54, 1.807) is 0 Å². The van der Waals surface area contributed by atoms with Gasteiger partial charge in [-0.25, -0.2) is 0 Å². The maximum Gasteiger partial charge on any atom is -0.00179 e.